The topological polar surface area (TPSA) is 30.2 Å². The van der Waals surface area contributed by atoms with E-state index >= 15 is 0 Å². The van der Waals surface area contributed by atoms with Gasteiger partial charge >= 0.3 is 0 Å². The van der Waals surface area contributed by atoms with Gasteiger partial charge in [0, 0.05) is 32.5 Å². The Morgan fingerprint density at radius 1 is 1.16 bits per heavy atom. The van der Waals surface area contributed by atoms with Crippen LogP contribution in [-0.4, -0.2) is 14.6 Å². The second-order valence-corrected chi connectivity index (χ2v) is 4.41. The Labute approximate surface area is 123 Å². The molecule has 0 atom stereocenters. The van der Waals surface area contributed by atoms with Gasteiger partial charge in [0.15, 0.2) is 0 Å². The number of hydrogen-bond acceptors (Lipinski definition) is 2. The van der Waals surface area contributed by atoms with E-state index in [1.807, 2.05) is 35.1 Å². The van der Waals surface area contributed by atoms with E-state index < -0.39 is 0 Å². The summed E-state index contributed by atoms with van der Waals surface area (Å²) >= 11 is 0. The molecule has 4 aromatic rings. The molecule has 0 bridgehead atoms. The van der Waals surface area contributed by atoms with Gasteiger partial charge in [-0.15, -0.1) is 23.8 Å². The molecule has 0 unspecified atom stereocenters. The number of hydrogen-bond donors (Lipinski definition) is 0. The molecule has 0 fully saturated rings. The van der Waals surface area contributed by atoms with Crippen molar-refractivity contribution in [3.63, 3.8) is 0 Å². The molecule has 0 N–H and O–H groups in total. The molecule has 0 aliphatic rings. The van der Waals surface area contributed by atoms with Gasteiger partial charge in [-0.3, -0.25) is 4.52 Å². The van der Waals surface area contributed by atoms with E-state index in [4.69, 9.17) is 0 Å². The zero-order valence-electron chi connectivity index (χ0n) is 10.2. The zero-order chi connectivity index (χ0) is 12.1. The summed E-state index contributed by atoms with van der Waals surface area (Å²) in [5.74, 6) is 0. The SMILES string of the molecule is Cc1cc[c-]c2c3ncccc3c3ccnn3c12.[Ir]. The summed E-state index contributed by atoms with van der Waals surface area (Å²) in [7, 11) is 0. The third-order valence-corrected chi connectivity index (χ3v) is 3.35. The minimum Gasteiger partial charge on any atom is -0.304 e. The van der Waals surface area contributed by atoms with Gasteiger partial charge in [0.05, 0.1) is 5.52 Å². The maximum atomic E-state index is 4.51. The van der Waals surface area contributed by atoms with Crippen molar-refractivity contribution in [3.8, 4) is 0 Å². The van der Waals surface area contributed by atoms with Crippen molar-refractivity contribution < 1.29 is 20.1 Å². The van der Waals surface area contributed by atoms with Crippen LogP contribution in [0.15, 0.2) is 42.7 Å². The molecule has 0 amide bonds. The molecule has 3 nitrogen and oxygen atoms in total. The standard InChI is InChI=1S/C15H10N3.Ir/c1-10-4-2-5-12-14-11(6-3-8-16-14)13-7-9-17-18(13)15(10)12;/h2-4,6-9H,1H3;/q-1;. The Morgan fingerprint density at radius 3 is 2.95 bits per heavy atom. The van der Waals surface area contributed by atoms with Crippen LogP contribution in [0, 0.1) is 13.0 Å². The molecule has 95 valence electrons. The largest absolute Gasteiger partial charge is 0.304 e. The van der Waals surface area contributed by atoms with Gasteiger partial charge in [-0.25, -0.2) is 0 Å². The number of fused-ring (bicyclic) bond motifs is 6. The Balaban J connectivity index is 0.00000110. The average molecular weight is 424 g/mol. The maximum absolute atomic E-state index is 4.51. The second kappa shape index (κ2) is 4.41. The third-order valence-electron chi connectivity index (χ3n) is 3.35. The van der Waals surface area contributed by atoms with Crippen molar-refractivity contribution in [3.05, 3.63) is 54.4 Å². The molecule has 3 aromatic heterocycles. The van der Waals surface area contributed by atoms with Gasteiger partial charge in [-0.2, -0.15) is 5.10 Å². The van der Waals surface area contributed by atoms with Gasteiger partial charge in [0.1, 0.15) is 0 Å². The quantitative estimate of drug-likeness (QED) is 0.321. The first-order valence-electron chi connectivity index (χ1n) is 5.88. The van der Waals surface area contributed by atoms with Crippen molar-refractivity contribution >= 4 is 27.3 Å². The van der Waals surface area contributed by atoms with E-state index in [1.165, 1.54) is 5.56 Å². The zero-order valence-corrected chi connectivity index (χ0v) is 12.6. The fraction of sp³-hybridized carbons (Fsp3) is 0.0667. The fourth-order valence-corrected chi connectivity index (χ4v) is 2.54. The number of aryl methyl sites for hydroxylation is 1. The van der Waals surface area contributed by atoms with Crippen LogP contribution in [0.2, 0.25) is 0 Å². The number of rotatable bonds is 0. The normalized spacial score (nSPS) is 11.0. The molecule has 3 heterocycles. The summed E-state index contributed by atoms with van der Waals surface area (Å²) < 4.78 is 1.98. The number of benzene rings is 1. The second-order valence-electron chi connectivity index (χ2n) is 4.41. The summed E-state index contributed by atoms with van der Waals surface area (Å²) in [5, 5.41) is 6.57. The van der Waals surface area contributed by atoms with E-state index in [2.05, 4.69) is 35.2 Å². The van der Waals surface area contributed by atoms with E-state index in [-0.39, 0.29) is 20.1 Å². The maximum Gasteiger partial charge on any atom is 0.0564 e. The molecule has 1 radical (unpaired) electrons. The smallest absolute Gasteiger partial charge is 0.0564 e. The van der Waals surface area contributed by atoms with Crippen molar-refractivity contribution in [2.75, 3.05) is 0 Å². The van der Waals surface area contributed by atoms with E-state index in [1.54, 1.807) is 0 Å². The molecule has 4 heteroatoms. The fourth-order valence-electron chi connectivity index (χ4n) is 2.54. The van der Waals surface area contributed by atoms with Crippen LogP contribution in [-0.2, 0) is 20.1 Å². The molecular weight excluding hydrogens is 414 g/mol. The first-order valence-corrected chi connectivity index (χ1v) is 5.88. The summed E-state index contributed by atoms with van der Waals surface area (Å²) in [6, 6.07) is 13.3. The summed E-state index contributed by atoms with van der Waals surface area (Å²) in [6.45, 7) is 2.09. The molecule has 0 spiro atoms. The first-order chi connectivity index (χ1) is 8.86. The minimum atomic E-state index is 0. The molecule has 0 aliphatic heterocycles. The van der Waals surface area contributed by atoms with E-state index in [9.17, 15) is 0 Å². The Morgan fingerprint density at radius 2 is 2.05 bits per heavy atom. The van der Waals surface area contributed by atoms with Crippen molar-refractivity contribution in [1.82, 2.24) is 14.6 Å². The molecule has 0 aliphatic carbocycles. The van der Waals surface area contributed by atoms with Gasteiger partial charge in [-0.05, 0) is 28.6 Å². The summed E-state index contributed by atoms with van der Waals surface area (Å²) in [4.78, 5) is 4.51. The van der Waals surface area contributed by atoms with Gasteiger partial charge < -0.3 is 4.98 Å². The number of nitrogens with zero attached hydrogens (tertiary/aromatic N) is 3. The number of aromatic nitrogens is 3. The summed E-state index contributed by atoms with van der Waals surface area (Å²) in [5.41, 5.74) is 4.35. The average Bonchev–Trinajstić information content (AvgIpc) is 2.88. The van der Waals surface area contributed by atoms with Crippen molar-refractivity contribution in [2.24, 2.45) is 0 Å². The first kappa shape index (κ1) is 12.3. The summed E-state index contributed by atoms with van der Waals surface area (Å²) in [6.07, 6.45) is 3.65. The van der Waals surface area contributed by atoms with Crippen LogP contribution >= 0.6 is 0 Å². The Kier molecular flexibility index (Phi) is 2.85. The Hall–Kier alpha value is -1.77. The van der Waals surface area contributed by atoms with Crippen molar-refractivity contribution in [1.29, 1.82) is 0 Å². The molecule has 19 heavy (non-hydrogen) atoms. The van der Waals surface area contributed by atoms with Crippen LogP contribution in [0.3, 0.4) is 0 Å². The van der Waals surface area contributed by atoms with Crippen LogP contribution in [0.1, 0.15) is 5.56 Å². The van der Waals surface area contributed by atoms with Gasteiger partial charge in [0.2, 0.25) is 0 Å². The minimum absolute atomic E-state index is 0. The van der Waals surface area contributed by atoms with Crippen molar-refractivity contribution in [2.45, 2.75) is 6.92 Å². The van der Waals surface area contributed by atoms with Crippen LogP contribution in [0.5, 0.6) is 0 Å². The van der Waals surface area contributed by atoms with E-state index in [0.29, 0.717) is 0 Å². The predicted molar refractivity (Wildman–Crippen MR) is 71.6 cm³/mol. The van der Waals surface area contributed by atoms with Crippen LogP contribution < -0.4 is 0 Å². The number of pyridine rings is 2. The predicted octanol–water partition coefficient (Wildman–Crippen LogP) is 3.14. The molecule has 0 saturated heterocycles. The van der Waals surface area contributed by atoms with E-state index in [0.717, 1.165) is 27.3 Å². The van der Waals surface area contributed by atoms with Crippen LogP contribution in [0.25, 0.3) is 27.3 Å². The molecule has 1 aromatic carbocycles. The van der Waals surface area contributed by atoms with Gasteiger partial charge in [0.25, 0.3) is 0 Å². The Bertz CT molecular complexity index is 896. The molecule has 4 rings (SSSR count). The van der Waals surface area contributed by atoms with Gasteiger partial charge in [-0.1, -0.05) is 18.4 Å². The molecule has 0 saturated carbocycles. The molecular formula is C15H10IrN3-. The monoisotopic (exact) mass is 425 g/mol. The third kappa shape index (κ3) is 1.61. The van der Waals surface area contributed by atoms with Crippen LogP contribution in [0.4, 0.5) is 0 Å².